The molecule has 0 radical (unpaired) electrons. The molecule has 1 N–H and O–H groups in total. The quantitative estimate of drug-likeness (QED) is 0.819. The molecule has 0 amide bonds. The van der Waals surface area contributed by atoms with Gasteiger partial charge in [-0.25, -0.2) is 4.98 Å². The molecule has 0 spiro atoms. The van der Waals surface area contributed by atoms with Gasteiger partial charge in [-0.05, 0) is 43.2 Å². The van der Waals surface area contributed by atoms with Crippen LogP contribution in [0.25, 0.3) is 10.8 Å². The number of ether oxygens (including phenoxy) is 2. The number of hydrogen-bond donors (Lipinski definition) is 1. The Bertz CT molecular complexity index is 604. The van der Waals surface area contributed by atoms with Crippen molar-refractivity contribution >= 4 is 16.5 Å². The fraction of sp³-hybridized carbons (Fsp3) is 0.500. The van der Waals surface area contributed by atoms with Crippen LogP contribution < -0.4 is 10.1 Å². The highest BCUT2D eigenvalue weighted by atomic mass is 16.5. The summed E-state index contributed by atoms with van der Waals surface area (Å²) in [7, 11) is 1.71. The highest BCUT2D eigenvalue weighted by Gasteiger charge is 2.17. The summed E-state index contributed by atoms with van der Waals surface area (Å²) < 4.78 is 11.4. The Labute approximate surface area is 131 Å². The van der Waals surface area contributed by atoms with Crippen molar-refractivity contribution in [2.45, 2.75) is 38.2 Å². The van der Waals surface area contributed by atoms with E-state index >= 15 is 0 Å². The summed E-state index contributed by atoms with van der Waals surface area (Å²) in [5.41, 5.74) is 1.06. The molecule has 1 aromatic carbocycles. The Balaban J connectivity index is 1.87. The highest BCUT2D eigenvalue weighted by Crippen LogP contribution is 2.32. The first-order chi connectivity index (χ1) is 10.9. The number of nitrogens with one attached hydrogen (secondary N) is 1. The lowest BCUT2D eigenvalue weighted by atomic mass is 9.98. The minimum atomic E-state index is 0.305. The van der Waals surface area contributed by atoms with Gasteiger partial charge in [0.2, 0.25) is 5.88 Å². The maximum absolute atomic E-state index is 6.23. The largest absolute Gasteiger partial charge is 0.474 e. The average molecular weight is 300 g/mol. The van der Waals surface area contributed by atoms with E-state index in [2.05, 4.69) is 28.5 Å². The van der Waals surface area contributed by atoms with Crippen molar-refractivity contribution in [1.29, 1.82) is 0 Å². The first kappa shape index (κ1) is 15.1. The molecule has 4 heteroatoms. The zero-order chi connectivity index (χ0) is 15.2. The van der Waals surface area contributed by atoms with Gasteiger partial charge in [-0.1, -0.05) is 18.6 Å². The van der Waals surface area contributed by atoms with Crippen molar-refractivity contribution in [2.24, 2.45) is 0 Å². The second-order valence-electron chi connectivity index (χ2n) is 5.82. The molecule has 0 aliphatic heterocycles. The second kappa shape index (κ2) is 7.45. The van der Waals surface area contributed by atoms with E-state index < -0.39 is 0 Å². The molecule has 1 aliphatic rings. The lowest BCUT2D eigenvalue weighted by Gasteiger charge is -2.23. The summed E-state index contributed by atoms with van der Waals surface area (Å²) in [4.78, 5) is 4.50. The van der Waals surface area contributed by atoms with Gasteiger partial charge in [0.25, 0.3) is 0 Å². The minimum Gasteiger partial charge on any atom is -0.474 e. The minimum absolute atomic E-state index is 0.305. The predicted octanol–water partition coefficient (Wildman–Crippen LogP) is 4.00. The van der Waals surface area contributed by atoms with E-state index in [0.29, 0.717) is 12.7 Å². The Morgan fingerprint density at radius 2 is 2.05 bits per heavy atom. The van der Waals surface area contributed by atoms with Crippen LogP contribution in [0, 0.1) is 0 Å². The third kappa shape index (κ3) is 3.50. The van der Waals surface area contributed by atoms with Gasteiger partial charge in [0.15, 0.2) is 0 Å². The summed E-state index contributed by atoms with van der Waals surface area (Å²) in [6.07, 6.45) is 8.25. The summed E-state index contributed by atoms with van der Waals surface area (Å²) in [5, 5.41) is 5.65. The highest BCUT2D eigenvalue weighted by molar-refractivity contribution is 5.97. The molecule has 118 valence electrons. The standard InChI is InChI=1S/C18H24N2O2/c1-21-13-12-19-16-9-5-6-14-10-11-20-18(17(14)16)22-15-7-3-2-4-8-15/h5-6,9-11,15,19H,2-4,7-8,12-13H2,1H3. The number of methoxy groups -OCH3 is 1. The fourth-order valence-electron chi connectivity index (χ4n) is 3.06. The third-order valence-electron chi connectivity index (χ3n) is 4.21. The van der Waals surface area contributed by atoms with Crippen LogP contribution in [0.5, 0.6) is 5.88 Å². The van der Waals surface area contributed by atoms with Crippen LogP contribution in [0.15, 0.2) is 30.5 Å². The Morgan fingerprint density at radius 1 is 1.18 bits per heavy atom. The van der Waals surface area contributed by atoms with E-state index in [-0.39, 0.29) is 0 Å². The fourth-order valence-corrected chi connectivity index (χ4v) is 3.06. The van der Waals surface area contributed by atoms with Gasteiger partial charge >= 0.3 is 0 Å². The molecule has 1 saturated carbocycles. The van der Waals surface area contributed by atoms with Gasteiger partial charge < -0.3 is 14.8 Å². The second-order valence-corrected chi connectivity index (χ2v) is 5.82. The normalized spacial score (nSPS) is 15.9. The molecule has 22 heavy (non-hydrogen) atoms. The molecule has 3 rings (SSSR count). The van der Waals surface area contributed by atoms with Crippen LogP contribution in [0.2, 0.25) is 0 Å². The zero-order valence-corrected chi connectivity index (χ0v) is 13.2. The van der Waals surface area contributed by atoms with Crippen molar-refractivity contribution < 1.29 is 9.47 Å². The third-order valence-corrected chi connectivity index (χ3v) is 4.21. The first-order valence-electron chi connectivity index (χ1n) is 8.15. The van der Waals surface area contributed by atoms with Crippen LogP contribution >= 0.6 is 0 Å². The Hall–Kier alpha value is -1.81. The molecule has 0 unspecified atom stereocenters. The van der Waals surface area contributed by atoms with Gasteiger partial charge in [0, 0.05) is 25.5 Å². The molecule has 0 atom stereocenters. The van der Waals surface area contributed by atoms with Crippen molar-refractivity contribution in [1.82, 2.24) is 4.98 Å². The van der Waals surface area contributed by atoms with E-state index in [1.165, 1.54) is 19.3 Å². The van der Waals surface area contributed by atoms with Crippen LogP contribution in [0.1, 0.15) is 32.1 Å². The zero-order valence-electron chi connectivity index (χ0n) is 13.2. The first-order valence-corrected chi connectivity index (χ1v) is 8.15. The molecule has 0 saturated heterocycles. The van der Waals surface area contributed by atoms with Crippen LogP contribution in [0.3, 0.4) is 0 Å². The topological polar surface area (TPSA) is 43.4 Å². The number of nitrogens with zero attached hydrogens (tertiary/aromatic N) is 1. The number of anilines is 1. The molecular formula is C18H24N2O2. The van der Waals surface area contributed by atoms with E-state index in [9.17, 15) is 0 Å². The van der Waals surface area contributed by atoms with Crippen LogP contribution in [-0.4, -0.2) is 31.3 Å². The molecule has 1 heterocycles. The molecule has 0 bridgehead atoms. The van der Waals surface area contributed by atoms with Crippen LogP contribution in [0.4, 0.5) is 5.69 Å². The van der Waals surface area contributed by atoms with Crippen molar-refractivity contribution in [3.63, 3.8) is 0 Å². The molecule has 4 nitrogen and oxygen atoms in total. The number of benzene rings is 1. The maximum atomic E-state index is 6.23. The molecule has 1 fully saturated rings. The lowest BCUT2D eigenvalue weighted by molar-refractivity contribution is 0.151. The Morgan fingerprint density at radius 3 is 2.86 bits per heavy atom. The van der Waals surface area contributed by atoms with Gasteiger partial charge in [-0.15, -0.1) is 0 Å². The van der Waals surface area contributed by atoms with E-state index in [1.807, 2.05) is 12.3 Å². The number of pyridine rings is 1. The predicted molar refractivity (Wildman–Crippen MR) is 89.6 cm³/mol. The van der Waals surface area contributed by atoms with Crippen molar-refractivity contribution in [2.75, 3.05) is 25.6 Å². The number of rotatable bonds is 6. The summed E-state index contributed by atoms with van der Waals surface area (Å²) in [6.45, 7) is 1.45. The van der Waals surface area contributed by atoms with Gasteiger partial charge in [0.05, 0.1) is 12.0 Å². The van der Waals surface area contributed by atoms with E-state index in [0.717, 1.165) is 41.7 Å². The average Bonchev–Trinajstić information content (AvgIpc) is 2.56. The molecular weight excluding hydrogens is 276 g/mol. The van der Waals surface area contributed by atoms with Gasteiger partial charge in [-0.3, -0.25) is 0 Å². The SMILES string of the molecule is COCCNc1cccc2ccnc(OC3CCCCC3)c12. The molecule has 2 aromatic rings. The summed E-state index contributed by atoms with van der Waals surface area (Å²) in [6, 6.07) is 8.27. The summed E-state index contributed by atoms with van der Waals surface area (Å²) in [5.74, 6) is 0.755. The number of hydrogen-bond acceptors (Lipinski definition) is 4. The summed E-state index contributed by atoms with van der Waals surface area (Å²) >= 11 is 0. The number of fused-ring (bicyclic) bond motifs is 1. The van der Waals surface area contributed by atoms with Gasteiger partial charge in [-0.2, -0.15) is 0 Å². The monoisotopic (exact) mass is 300 g/mol. The van der Waals surface area contributed by atoms with Crippen molar-refractivity contribution in [3.05, 3.63) is 30.5 Å². The molecule has 1 aliphatic carbocycles. The Kier molecular flexibility index (Phi) is 5.11. The maximum Gasteiger partial charge on any atom is 0.223 e. The van der Waals surface area contributed by atoms with E-state index in [1.54, 1.807) is 7.11 Å². The van der Waals surface area contributed by atoms with Crippen LogP contribution in [-0.2, 0) is 4.74 Å². The van der Waals surface area contributed by atoms with Gasteiger partial charge in [0.1, 0.15) is 6.10 Å². The number of aromatic nitrogens is 1. The van der Waals surface area contributed by atoms with Crippen molar-refractivity contribution in [3.8, 4) is 5.88 Å². The lowest BCUT2D eigenvalue weighted by Crippen LogP contribution is -2.20. The van der Waals surface area contributed by atoms with E-state index in [4.69, 9.17) is 9.47 Å². The molecule has 1 aromatic heterocycles. The smallest absolute Gasteiger partial charge is 0.223 e.